The van der Waals surface area contributed by atoms with Crippen LogP contribution in [0.1, 0.15) is 25.0 Å². The molecule has 0 radical (unpaired) electrons. The first-order valence-corrected chi connectivity index (χ1v) is 9.82. The molecule has 0 saturated heterocycles. The second-order valence-electron chi connectivity index (χ2n) is 6.23. The Bertz CT molecular complexity index is 1080. The number of anilines is 1. The van der Waals surface area contributed by atoms with Gasteiger partial charge in [0, 0.05) is 13.8 Å². The van der Waals surface area contributed by atoms with E-state index in [0.717, 1.165) is 17.3 Å². The van der Waals surface area contributed by atoms with Crippen molar-refractivity contribution in [3.05, 3.63) is 63.5 Å². The lowest BCUT2D eigenvalue weighted by atomic mass is 10.2. The number of rotatable bonds is 3. The minimum atomic E-state index is -0.474. The van der Waals surface area contributed by atoms with Gasteiger partial charge in [-0.2, -0.15) is 4.99 Å². The second-order valence-corrected chi connectivity index (χ2v) is 7.65. The molecule has 0 N–H and O–H groups in total. The summed E-state index contributed by atoms with van der Waals surface area (Å²) < 4.78 is 5.00. The van der Waals surface area contributed by atoms with Crippen molar-refractivity contribution in [2.75, 3.05) is 4.90 Å². The molecule has 1 aliphatic heterocycles. The normalized spacial score (nSPS) is 14.7. The van der Waals surface area contributed by atoms with Gasteiger partial charge in [0.15, 0.2) is 5.17 Å². The van der Waals surface area contributed by atoms with Crippen molar-refractivity contribution in [2.45, 2.75) is 20.8 Å². The van der Waals surface area contributed by atoms with Crippen LogP contribution in [0.25, 0.3) is 6.08 Å². The third-order valence-electron chi connectivity index (χ3n) is 3.98. The molecule has 0 spiro atoms. The quantitative estimate of drug-likeness (QED) is 0.405. The van der Waals surface area contributed by atoms with Crippen LogP contribution in [0, 0.1) is 6.92 Å². The second kappa shape index (κ2) is 8.63. The third-order valence-corrected chi connectivity index (χ3v) is 5.24. The number of para-hydroxylation sites is 1. The molecular weight excluding hydrogens is 412 g/mol. The average Bonchev–Trinajstić information content (AvgIpc) is 2.98. The molecule has 2 aromatic carbocycles. The van der Waals surface area contributed by atoms with Crippen molar-refractivity contribution in [1.82, 2.24) is 0 Å². The minimum absolute atomic E-state index is 0.242. The molecule has 8 heteroatoms. The number of hydrogen-bond acceptors (Lipinski definition) is 5. The van der Waals surface area contributed by atoms with Gasteiger partial charge in [0.05, 0.1) is 15.6 Å². The number of aryl methyl sites for hydroxylation is 1. The number of benzene rings is 2. The highest BCUT2D eigenvalue weighted by molar-refractivity contribution is 8.19. The number of ether oxygens (including phenoxy) is 1. The van der Waals surface area contributed by atoms with Crippen LogP contribution in [-0.4, -0.2) is 23.0 Å². The summed E-state index contributed by atoms with van der Waals surface area (Å²) in [7, 11) is 0. The van der Waals surface area contributed by atoms with Crippen LogP contribution in [-0.2, 0) is 14.4 Å². The maximum Gasteiger partial charge on any atom is 0.308 e. The number of esters is 1. The fourth-order valence-corrected chi connectivity index (χ4v) is 3.91. The smallest absolute Gasteiger partial charge is 0.308 e. The van der Waals surface area contributed by atoms with Crippen molar-refractivity contribution in [3.8, 4) is 5.75 Å². The molecular formula is C21H17ClN2O4S. The van der Waals surface area contributed by atoms with Gasteiger partial charge in [0.25, 0.3) is 5.91 Å². The van der Waals surface area contributed by atoms with E-state index in [-0.39, 0.29) is 16.7 Å². The molecule has 29 heavy (non-hydrogen) atoms. The van der Waals surface area contributed by atoms with E-state index in [9.17, 15) is 14.4 Å². The van der Waals surface area contributed by atoms with Crippen molar-refractivity contribution in [1.29, 1.82) is 0 Å². The van der Waals surface area contributed by atoms with E-state index in [1.54, 1.807) is 30.3 Å². The van der Waals surface area contributed by atoms with Crippen LogP contribution in [0.2, 0.25) is 5.02 Å². The summed E-state index contributed by atoms with van der Waals surface area (Å²) in [5.41, 5.74) is 2.21. The first kappa shape index (κ1) is 20.8. The van der Waals surface area contributed by atoms with Gasteiger partial charge in [-0.05, 0) is 54.1 Å². The Labute approximate surface area is 177 Å². The van der Waals surface area contributed by atoms with E-state index in [1.165, 1.54) is 18.7 Å². The van der Waals surface area contributed by atoms with E-state index in [4.69, 9.17) is 16.3 Å². The van der Waals surface area contributed by atoms with Gasteiger partial charge < -0.3 is 4.74 Å². The van der Waals surface area contributed by atoms with Crippen LogP contribution in [0.4, 0.5) is 5.69 Å². The number of carbonyl (C=O) groups excluding carboxylic acids is 3. The largest absolute Gasteiger partial charge is 0.425 e. The van der Waals surface area contributed by atoms with E-state index in [0.29, 0.717) is 21.3 Å². The molecule has 1 aliphatic rings. The summed E-state index contributed by atoms with van der Waals surface area (Å²) >= 11 is 7.25. The van der Waals surface area contributed by atoms with Crippen molar-refractivity contribution < 1.29 is 19.1 Å². The molecule has 0 aromatic heterocycles. The van der Waals surface area contributed by atoms with Crippen LogP contribution in [0.5, 0.6) is 5.75 Å². The van der Waals surface area contributed by atoms with Gasteiger partial charge in [0.2, 0.25) is 5.91 Å². The number of carbonyl (C=O) groups is 3. The van der Waals surface area contributed by atoms with Crippen molar-refractivity contribution >= 4 is 58.1 Å². The Morgan fingerprint density at radius 3 is 2.52 bits per heavy atom. The predicted molar refractivity (Wildman–Crippen MR) is 115 cm³/mol. The molecule has 0 fully saturated rings. The van der Waals surface area contributed by atoms with E-state index >= 15 is 0 Å². The summed E-state index contributed by atoms with van der Waals surface area (Å²) in [5.74, 6) is -0.914. The zero-order valence-electron chi connectivity index (χ0n) is 15.9. The third kappa shape index (κ3) is 4.75. The fourth-order valence-electron chi connectivity index (χ4n) is 2.71. The Kier molecular flexibility index (Phi) is 6.20. The molecule has 0 unspecified atom stereocenters. The Morgan fingerprint density at radius 2 is 1.90 bits per heavy atom. The van der Waals surface area contributed by atoms with Crippen LogP contribution >= 0.6 is 23.4 Å². The SMILES string of the molecule is CC(=O)Oc1ccc(/C=C2/SC(N(C(C)=O)c3ccccc3C)=NC2=O)cc1Cl. The molecule has 6 nitrogen and oxygen atoms in total. The van der Waals surface area contributed by atoms with Gasteiger partial charge in [-0.1, -0.05) is 35.9 Å². The summed E-state index contributed by atoms with van der Waals surface area (Å²) in [6.07, 6.45) is 1.63. The fraction of sp³-hybridized carbons (Fsp3) is 0.143. The molecule has 2 aromatic rings. The number of amidine groups is 1. The minimum Gasteiger partial charge on any atom is -0.425 e. The van der Waals surface area contributed by atoms with Gasteiger partial charge in [-0.25, -0.2) is 0 Å². The Hall–Kier alpha value is -2.90. The molecule has 3 rings (SSSR count). The molecule has 0 atom stereocenters. The monoisotopic (exact) mass is 428 g/mol. The molecule has 0 aliphatic carbocycles. The maximum atomic E-state index is 12.4. The van der Waals surface area contributed by atoms with Gasteiger partial charge in [-0.15, -0.1) is 0 Å². The molecule has 0 bridgehead atoms. The highest BCUT2D eigenvalue weighted by atomic mass is 35.5. The maximum absolute atomic E-state index is 12.4. The topological polar surface area (TPSA) is 76.0 Å². The lowest BCUT2D eigenvalue weighted by molar-refractivity contribution is -0.131. The first-order chi connectivity index (χ1) is 13.8. The van der Waals surface area contributed by atoms with Gasteiger partial charge in [0.1, 0.15) is 5.75 Å². The summed E-state index contributed by atoms with van der Waals surface area (Å²) in [6.45, 7) is 4.60. The number of amides is 2. The molecule has 0 saturated carbocycles. The number of nitrogens with zero attached hydrogens (tertiary/aromatic N) is 2. The first-order valence-electron chi connectivity index (χ1n) is 8.63. The van der Waals surface area contributed by atoms with E-state index < -0.39 is 11.9 Å². The van der Waals surface area contributed by atoms with Crippen LogP contribution in [0.15, 0.2) is 52.4 Å². The van der Waals surface area contributed by atoms with Crippen molar-refractivity contribution in [3.63, 3.8) is 0 Å². The average molecular weight is 429 g/mol. The summed E-state index contributed by atoms with van der Waals surface area (Å²) in [5, 5.41) is 0.544. The van der Waals surface area contributed by atoms with E-state index in [2.05, 4.69) is 4.99 Å². The summed E-state index contributed by atoms with van der Waals surface area (Å²) in [6, 6.07) is 12.2. The molecule has 1 heterocycles. The van der Waals surface area contributed by atoms with Gasteiger partial charge in [-0.3, -0.25) is 19.3 Å². The van der Waals surface area contributed by atoms with Crippen molar-refractivity contribution in [2.24, 2.45) is 4.99 Å². The highest BCUT2D eigenvalue weighted by Gasteiger charge is 2.30. The lowest BCUT2D eigenvalue weighted by Gasteiger charge is -2.21. The zero-order chi connectivity index (χ0) is 21.1. The molecule has 2 amide bonds. The number of thioether (sulfide) groups is 1. The number of aliphatic imine (C=N–C) groups is 1. The Balaban J connectivity index is 1.88. The predicted octanol–water partition coefficient (Wildman–Crippen LogP) is 4.60. The Morgan fingerprint density at radius 1 is 1.17 bits per heavy atom. The van der Waals surface area contributed by atoms with E-state index in [1.807, 2.05) is 25.1 Å². The lowest BCUT2D eigenvalue weighted by Crippen LogP contribution is -2.33. The standard InChI is InChI=1S/C21H17ClN2O4S/c1-12-6-4-5-7-17(12)24(13(2)25)21-23-20(27)19(29-21)11-15-8-9-18(16(22)10-15)28-14(3)26/h4-11H,1-3H3/b19-11+. The molecule has 148 valence electrons. The highest BCUT2D eigenvalue weighted by Crippen LogP contribution is 2.34. The van der Waals surface area contributed by atoms with Gasteiger partial charge >= 0.3 is 5.97 Å². The van der Waals surface area contributed by atoms with Crippen LogP contribution < -0.4 is 9.64 Å². The van der Waals surface area contributed by atoms with Crippen LogP contribution in [0.3, 0.4) is 0 Å². The zero-order valence-corrected chi connectivity index (χ0v) is 17.5. The number of halogens is 1. The summed E-state index contributed by atoms with van der Waals surface area (Å²) in [4.78, 5) is 41.6. The number of hydrogen-bond donors (Lipinski definition) is 0.